The van der Waals surface area contributed by atoms with E-state index in [9.17, 15) is 0 Å². The van der Waals surface area contributed by atoms with Crippen molar-refractivity contribution in [2.45, 2.75) is 0 Å². The Morgan fingerprint density at radius 3 is 2.57 bits per heavy atom. The second-order valence-corrected chi connectivity index (χ2v) is 6.69. The SMILES string of the molecule is COc1cc(/C=C/c2sc3ccccc3[n+]2C)ccc1N(C)C. The maximum absolute atomic E-state index is 5.49. The number of ether oxygens (including phenoxy) is 1. The molecule has 0 saturated heterocycles. The lowest BCUT2D eigenvalue weighted by atomic mass is 10.1. The summed E-state index contributed by atoms with van der Waals surface area (Å²) in [7, 11) is 7.85. The Labute approximate surface area is 141 Å². The van der Waals surface area contributed by atoms with Crippen LogP contribution >= 0.6 is 11.3 Å². The Kier molecular flexibility index (Phi) is 4.35. The Morgan fingerprint density at radius 1 is 1.09 bits per heavy atom. The Hall–Kier alpha value is -2.33. The Morgan fingerprint density at radius 2 is 1.87 bits per heavy atom. The summed E-state index contributed by atoms with van der Waals surface area (Å²) in [6.45, 7) is 0. The molecule has 118 valence electrons. The molecule has 2 aromatic carbocycles. The third kappa shape index (κ3) is 3.08. The summed E-state index contributed by atoms with van der Waals surface area (Å²) < 4.78 is 9.02. The number of fused-ring (bicyclic) bond motifs is 1. The number of rotatable bonds is 4. The number of anilines is 1. The molecular formula is C19H21N2OS+. The fourth-order valence-electron chi connectivity index (χ4n) is 2.60. The molecule has 0 radical (unpaired) electrons. The van der Waals surface area contributed by atoms with Gasteiger partial charge in [0.25, 0.3) is 5.01 Å². The minimum atomic E-state index is 0.887. The van der Waals surface area contributed by atoms with Crippen molar-refractivity contribution in [2.75, 3.05) is 26.1 Å². The predicted molar refractivity (Wildman–Crippen MR) is 99.3 cm³/mol. The van der Waals surface area contributed by atoms with Crippen molar-refractivity contribution in [1.29, 1.82) is 0 Å². The predicted octanol–water partition coefficient (Wildman–Crippen LogP) is 3.97. The van der Waals surface area contributed by atoms with Crippen LogP contribution in [-0.4, -0.2) is 21.2 Å². The van der Waals surface area contributed by atoms with E-state index in [0.29, 0.717) is 0 Å². The number of aryl methyl sites for hydroxylation is 1. The lowest BCUT2D eigenvalue weighted by Crippen LogP contribution is -2.28. The van der Waals surface area contributed by atoms with Gasteiger partial charge in [-0.15, -0.1) is 0 Å². The normalized spacial score (nSPS) is 11.3. The molecule has 23 heavy (non-hydrogen) atoms. The number of aromatic nitrogens is 1. The second-order valence-electron chi connectivity index (χ2n) is 5.63. The van der Waals surface area contributed by atoms with Crippen LogP contribution in [0.2, 0.25) is 0 Å². The second kappa shape index (κ2) is 6.42. The van der Waals surface area contributed by atoms with Crippen LogP contribution in [0.25, 0.3) is 22.4 Å². The van der Waals surface area contributed by atoms with Crippen LogP contribution in [0, 0.1) is 0 Å². The van der Waals surface area contributed by atoms with Crippen LogP contribution in [-0.2, 0) is 7.05 Å². The van der Waals surface area contributed by atoms with Gasteiger partial charge in [-0.05, 0) is 29.8 Å². The highest BCUT2D eigenvalue weighted by Gasteiger charge is 2.13. The number of thiazole rings is 1. The Balaban J connectivity index is 1.94. The number of methoxy groups -OCH3 is 1. The van der Waals surface area contributed by atoms with Gasteiger partial charge in [0, 0.05) is 26.2 Å². The smallest absolute Gasteiger partial charge is 0.262 e. The van der Waals surface area contributed by atoms with E-state index >= 15 is 0 Å². The molecule has 0 amide bonds. The number of para-hydroxylation sites is 1. The highest BCUT2D eigenvalue weighted by molar-refractivity contribution is 7.18. The zero-order valence-electron chi connectivity index (χ0n) is 13.9. The Bertz CT molecular complexity index is 865. The van der Waals surface area contributed by atoms with Gasteiger partial charge in [0.2, 0.25) is 5.52 Å². The van der Waals surface area contributed by atoms with Gasteiger partial charge in [-0.25, -0.2) is 0 Å². The number of nitrogens with zero attached hydrogens (tertiary/aromatic N) is 2. The monoisotopic (exact) mass is 325 g/mol. The lowest BCUT2D eigenvalue weighted by molar-refractivity contribution is -0.642. The first-order valence-corrected chi connectivity index (χ1v) is 8.33. The molecule has 0 aliphatic carbocycles. The third-order valence-electron chi connectivity index (χ3n) is 3.88. The third-order valence-corrected chi connectivity index (χ3v) is 5.06. The van der Waals surface area contributed by atoms with Crippen LogP contribution in [0.1, 0.15) is 10.6 Å². The summed E-state index contributed by atoms with van der Waals surface area (Å²) in [4.78, 5) is 2.05. The molecule has 4 heteroatoms. The first-order chi connectivity index (χ1) is 11.1. The molecule has 0 N–H and O–H groups in total. The fourth-order valence-corrected chi connectivity index (χ4v) is 3.65. The van der Waals surface area contributed by atoms with Gasteiger partial charge < -0.3 is 9.64 Å². The molecule has 0 spiro atoms. The van der Waals surface area contributed by atoms with E-state index in [-0.39, 0.29) is 0 Å². The average Bonchev–Trinajstić information content (AvgIpc) is 2.89. The summed E-state index contributed by atoms with van der Waals surface area (Å²) in [6, 6.07) is 14.7. The van der Waals surface area contributed by atoms with Crippen molar-refractivity contribution < 1.29 is 9.30 Å². The van der Waals surface area contributed by atoms with Crippen LogP contribution in [0.5, 0.6) is 5.75 Å². The molecule has 3 rings (SSSR count). The molecule has 3 aromatic rings. The fraction of sp³-hybridized carbons (Fsp3) is 0.211. The highest BCUT2D eigenvalue weighted by atomic mass is 32.1. The van der Waals surface area contributed by atoms with Crippen LogP contribution in [0.15, 0.2) is 42.5 Å². The van der Waals surface area contributed by atoms with Crippen molar-refractivity contribution in [3.63, 3.8) is 0 Å². The summed E-state index contributed by atoms with van der Waals surface area (Å²) in [5.41, 5.74) is 3.47. The molecule has 0 saturated carbocycles. The summed E-state index contributed by atoms with van der Waals surface area (Å²) in [6.07, 6.45) is 4.29. The maximum atomic E-state index is 5.49. The largest absolute Gasteiger partial charge is 0.495 e. The topological polar surface area (TPSA) is 16.4 Å². The standard InChI is InChI=1S/C19H21N2OS/c1-20(2)15-11-9-14(13-17(15)22-4)10-12-19-21(3)16-7-5-6-8-18(16)23-19/h5-13H,1-4H3/q+1. The van der Waals surface area contributed by atoms with E-state index < -0.39 is 0 Å². The van der Waals surface area contributed by atoms with Gasteiger partial charge in [-0.2, -0.15) is 4.57 Å². The summed E-state index contributed by atoms with van der Waals surface area (Å²) >= 11 is 1.80. The molecule has 1 heterocycles. The average molecular weight is 325 g/mol. The molecule has 0 fully saturated rings. The van der Waals surface area contributed by atoms with Crippen molar-refractivity contribution in [2.24, 2.45) is 7.05 Å². The maximum Gasteiger partial charge on any atom is 0.262 e. The molecular weight excluding hydrogens is 304 g/mol. The lowest BCUT2D eigenvalue weighted by Gasteiger charge is -2.16. The van der Waals surface area contributed by atoms with Gasteiger partial charge in [-0.3, -0.25) is 0 Å². The molecule has 0 aliphatic heterocycles. The quantitative estimate of drug-likeness (QED) is 0.675. The summed E-state index contributed by atoms with van der Waals surface area (Å²) in [5.74, 6) is 0.887. The van der Waals surface area contributed by atoms with Gasteiger partial charge in [0.1, 0.15) is 17.5 Å². The number of hydrogen-bond donors (Lipinski definition) is 0. The van der Waals surface area contributed by atoms with E-state index in [4.69, 9.17) is 4.74 Å². The van der Waals surface area contributed by atoms with Gasteiger partial charge >= 0.3 is 0 Å². The minimum Gasteiger partial charge on any atom is -0.495 e. The highest BCUT2D eigenvalue weighted by Crippen LogP contribution is 2.29. The zero-order chi connectivity index (χ0) is 16.4. The van der Waals surface area contributed by atoms with Crippen LogP contribution in [0.4, 0.5) is 5.69 Å². The number of benzene rings is 2. The summed E-state index contributed by atoms with van der Waals surface area (Å²) in [5, 5.41) is 1.22. The molecule has 0 aliphatic rings. The van der Waals surface area contributed by atoms with E-state index in [1.165, 1.54) is 15.2 Å². The van der Waals surface area contributed by atoms with Crippen molar-refractivity contribution in [3.8, 4) is 5.75 Å². The van der Waals surface area contributed by atoms with Crippen LogP contribution in [0.3, 0.4) is 0 Å². The van der Waals surface area contributed by atoms with Crippen LogP contribution < -0.4 is 14.2 Å². The van der Waals surface area contributed by atoms with E-state index in [1.54, 1.807) is 18.4 Å². The number of hydrogen-bond acceptors (Lipinski definition) is 3. The van der Waals surface area contributed by atoms with Gasteiger partial charge in [0.15, 0.2) is 0 Å². The van der Waals surface area contributed by atoms with E-state index in [2.05, 4.69) is 71.1 Å². The zero-order valence-corrected chi connectivity index (χ0v) is 14.7. The van der Waals surface area contributed by atoms with E-state index in [0.717, 1.165) is 17.0 Å². The first kappa shape index (κ1) is 15.6. The molecule has 3 nitrogen and oxygen atoms in total. The van der Waals surface area contributed by atoms with Gasteiger partial charge in [0.05, 0.1) is 12.8 Å². The molecule has 0 atom stereocenters. The van der Waals surface area contributed by atoms with Crippen molar-refractivity contribution in [1.82, 2.24) is 0 Å². The minimum absolute atomic E-state index is 0.887. The van der Waals surface area contributed by atoms with Crippen molar-refractivity contribution >= 4 is 39.4 Å². The first-order valence-electron chi connectivity index (χ1n) is 7.51. The van der Waals surface area contributed by atoms with Gasteiger partial charge in [-0.1, -0.05) is 29.5 Å². The molecule has 1 aromatic heterocycles. The van der Waals surface area contributed by atoms with Crippen molar-refractivity contribution in [3.05, 3.63) is 53.0 Å². The van der Waals surface area contributed by atoms with E-state index in [1.807, 2.05) is 14.1 Å². The molecule has 0 bridgehead atoms. The molecule has 0 unspecified atom stereocenters.